The molecule has 0 aliphatic carbocycles. The summed E-state index contributed by atoms with van der Waals surface area (Å²) in [6, 6.07) is 0. The van der Waals surface area contributed by atoms with E-state index in [4.69, 9.17) is 23.7 Å². The average Bonchev–Trinajstić information content (AvgIpc) is 2.42. The fourth-order valence-corrected chi connectivity index (χ4v) is 1.12. The van der Waals surface area contributed by atoms with Crippen molar-refractivity contribution in [1.82, 2.24) is 0 Å². The molecule has 114 valence electrons. The van der Waals surface area contributed by atoms with Crippen LogP contribution in [0.5, 0.6) is 0 Å². The Balaban J connectivity index is 3.10. The lowest BCUT2D eigenvalue weighted by Gasteiger charge is -2.07. The van der Waals surface area contributed by atoms with Crippen molar-refractivity contribution in [3.8, 4) is 0 Å². The third-order valence-corrected chi connectivity index (χ3v) is 2.11. The molecule has 6 heteroatoms. The fraction of sp³-hybridized carbons (Fsp3) is 0.923. The van der Waals surface area contributed by atoms with Crippen LogP contribution < -0.4 is 0 Å². The Morgan fingerprint density at radius 3 is 1.84 bits per heavy atom. The van der Waals surface area contributed by atoms with E-state index in [-0.39, 0.29) is 13.2 Å². The van der Waals surface area contributed by atoms with Crippen molar-refractivity contribution in [3.63, 3.8) is 0 Å². The van der Waals surface area contributed by atoms with Gasteiger partial charge in [0.05, 0.1) is 26.4 Å². The standard InChI is InChI=1S/C13H26O6/c1-3-5-6-16-7-8-17-10-12-19-13(14)18-11-9-15-4-2/h3-12H2,1-2H3. The number of hydrogen-bond donors (Lipinski definition) is 0. The molecule has 0 aromatic carbocycles. The molecule has 19 heavy (non-hydrogen) atoms. The Labute approximate surface area is 115 Å². The van der Waals surface area contributed by atoms with Crippen molar-refractivity contribution < 1.29 is 28.5 Å². The van der Waals surface area contributed by atoms with E-state index in [1.54, 1.807) is 0 Å². The molecular formula is C13H26O6. The second kappa shape index (κ2) is 15.2. The highest BCUT2D eigenvalue weighted by Crippen LogP contribution is 1.89. The minimum atomic E-state index is -0.692. The van der Waals surface area contributed by atoms with Gasteiger partial charge in [0.2, 0.25) is 0 Å². The molecule has 0 radical (unpaired) electrons. The minimum absolute atomic E-state index is 0.183. The van der Waals surface area contributed by atoms with Gasteiger partial charge in [0.25, 0.3) is 0 Å². The maximum absolute atomic E-state index is 11.0. The van der Waals surface area contributed by atoms with E-state index in [0.29, 0.717) is 33.0 Å². The number of hydrogen-bond acceptors (Lipinski definition) is 6. The van der Waals surface area contributed by atoms with E-state index in [2.05, 4.69) is 6.92 Å². The van der Waals surface area contributed by atoms with Gasteiger partial charge in [-0.15, -0.1) is 0 Å². The summed E-state index contributed by atoms with van der Waals surface area (Å²) in [4.78, 5) is 11.0. The van der Waals surface area contributed by atoms with Gasteiger partial charge in [-0.1, -0.05) is 13.3 Å². The predicted molar refractivity (Wildman–Crippen MR) is 70.3 cm³/mol. The number of ether oxygens (including phenoxy) is 5. The van der Waals surface area contributed by atoms with Crippen LogP contribution in [0.2, 0.25) is 0 Å². The summed E-state index contributed by atoms with van der Waals surface area (Å²) in [7, 11) is 0. The molecule has 0 fully saturated rings. The van der Waals surface area contributed by atoms with Crippen LogP contribution in [-0.2, 0) is 23.7 Å². The molecule has 0 saturated heterocycles. The first kappa shape index (κ1) is 18.1. The van der Waals surface area contributed by atoms with Crippen LogP contribution in [0.4, 0.5) is 4.79 Å². The summed E-state index contributed by atoms with van der Waals surface area (Å²) in [5.41, 5.74) is 0. The normalized spacial score (nSPS) is 10.4. The first-order valence-corrected chi connectivity index (χ1v) is 6.84. The van der Waals surface area contributed by atoms with Crippen LogP contribution in [0.3, 0.4) is 0 Å². The van der Waals surface area contributed by atoms with Crippen molar-refractivity contribution >= 4 is 6.16 Å². The smallest absolute Gasteiger partial charge is 0.432 e. The van der Waals surface area contributed by atoms with Crippen LogP contribution in [-0.4, -0.2) is 59.0 Å². The molecule has 6 nitrogen and oxygen atoms in total. The summed E-state index contributed by atoms with van der Waals surface area (Å²) in [5.74, 6) is 0. The van der Waals surface area contributed by atoms with E-state index in [9.17, 15) is 4.79 Å². The summed E-state index contributed by atoms with van der Waals surface area (Å²) in [6.07, 6.45) is 1.50. The SMILES string of the molecule is CCCCOCCOCCOC(=O)OCCOCC. The second-order valence-corrected chi connectivity index (χ2v) is 3.72. The highest BCUT2D eigenvalue weighted by Gasteiger charge is 2.02. The molecule has 0 N–H and O–H groups in total. The number of unbranched alkanes of at least 4 members (excludes halogenated alkanes) is 1. The van der Waals surface area contributed by atoms with Crippen LogP contribution in [0.25, 0.3) is 0 Å². The number of rotatable bonds is 13. The van der Waals surface area contributed by atoms with Crippen LogP contribution in [0, 0.1) is 0 Å². The molecule has 0 aliphatic rings. The zero-order chi connectivity index (χ0) is 14.2. The van der Waals surface area contributed by atoms with E-state index in [0.717, 1.165) is 19.4 Å². The average molecular weight is 278 g/mol. The Morgan fingerprint density at radius 2 is 1.26 bits per heavy atom. The van der Waals surface area contributed by atoms with Gasteiger partial charge in [-0.3, -0.25) is 0 Å². The van der Waals surface area contributed by atoms with E-state index in [1.165, 1.54) is 0 Å². The summed E-state index contributed by atoms with van der Waals surface area (Å²) < 4.78 is 25.1. The van der Waals surface area contributed by atoms with Gasteiger partial charge in [-0.25, -0.2) is 4.79 Å². The predicted octanol–water partition coefficient (Wildman–Crippen LogP) is 2.01. The largest absolute Gasteiger partial charge is 0.508 e. The van der Waals surface area contributed by atoms with E-state index < -0.39 is 6.16 Å². The lowest BCUT2D eigenvalue weighted by Crippen LogP contribution is -2.16. The summed E-state index contributed by atoms with van der Waals surface area (Å²) in [5, 5.41) is 0. The van der Waals surface area contributed by atoms with Gasteiger partial charge in [-0.2, -0.15) is 0 Å². The minimum Gasteiger partial charge on any atom is -0.432 e. The van der Waals surface area contributed by atoms with Crippen molar-refractivity contribution in [2.24, 2.45) is 0 Å². The third-order valence-electron chi connectivity index (χ3n) is 2.11. The van der Waals surface area contributed by atoms with Gasteiger partial charge < -0.3 is 23.7 Å². The Kier molecular flexibility index (Phi) is 14.5. The van der Waals surface area contributed by atoms with Gasteiger partial charge in [0, 0.05) is 13.2 Å². The van der Waals surface area contributed by atoms with Crippen LogP contribution in [0.1, 0.15) is 26.7 Å². The molecule has 0 aliphatic heterocycles. The molecule has 0 spiro atoms. The fourth-order valence-electron chi connectivity index (χ4n) is 1.12. The van der Waals surface area contributed by atoms with Crippen LogP contribution in [0.15, 0.2) is 0 Å². The Morgan fingerprint density at radius 1 is 0.737 bits per heavy atom. The molecule has 0 atom stereocenters. The van der Waals surface area contributed by atoms with Crippen LogP contribution >= 0.6 is 0 Å². The zero-order valence-electron chi connectivity index (χ0n) is 12.0. The molecule has 0 aromatic rings. The molecule has 0 saturated carbocycles. The summed E-state index contributed by atoms with van der Waals surface area (Å²) >= 11 is 0. The quantitative estimate of drug-likeness (QED) is 0.379. The lowest BCUT2D eigenvalue weighted by molar-refractivity contribution is 0.000851. The van der Waals surface area contributed by atoms with Gasteiger partial charge in [0.15, 0.2) is 0 Å². The monoisotopic (exact) mass is 278 g/mol. The third kappa shape index (κ3) is 15.1. The van der Waals surface area contributed by atoms with E-state index in [1.807, 2.05) is 6.92 Å². The molecule has 0 heterocycles. The Hall–Kier alpha value is -0.850. The number of carbonyl (C=O) groups excluding carboxylic acids is 1. The van der Waals surface area contributed by atoms with Gasteiger partial charge >= 0.3 is 6.16 Å². The maximum atomic E-state index is 11.0. The molecule has 0 bridgehead atoms. The molecular weight excluding hydrogens is 252 g/mol. The molecule has 0 unspecified atom stereocenters. The molecule has 0 amide bonds. The van der Waals surface area contributed by atoms with Crippen molar-refractivity contribution in [1.29, 1.82) is 0 Å². The van der Waals surface area contributed by atoms with Crippen molar-refractivity contribution in [2.75, 3.05) is 52.9 Å². The maximum Gasteiger partial charge on any atom is 0.508 e. The molecule has 0 aromatic heterocycles. The highest BCUT2D eigenvalue weighted by molar-refractivity contribution is 5.59. The first-order valence-electron chi connectivity index (χ1n) is 6.84. The Bertz CT molecular complexity index is 198. The molecule has 0 rings (SSSR count). The topological polar surface area (TPSA) is 63.2 Å². The lowest BCUT2D eigenvalue weighted by atomic mass is 10.4. The van der Waals surface area contributed by atoms with Gasteiger partial charge in [0.1, 0.15) is 13.2 Å². The van der Waals surface area contributed by atoms with Crippen molar-refractivity contribution in [3.05, 3.63) is 0 Å². The van der Waals surface area contributed by atoms with Crippen molar-refractivity contribution in [2.45, 2.75) is 26.7 Å². The summed E-state index contributed by atoms with van der Waals surface area (Å²) in [6.45, 7) is 7.56. The number of carbonyl (C=O) groups is 1. The second-order valence-electron chi connectivity index (χ2n) is 3.72. The van der Waals surface area contributed by atoms with Gasteiger partial charge in [-0.05, 0) is 13.3 Å². The van der Waals surface area contributed by atoms with E-state index >= 15 is 0 Å². The highest BCUT2D eigenvalue weighted by atomic mass is 16.7. The zero-order valence-corrected chi connectivity index (χ0v) is 12.0. The first-order chi connectivity index (χ1) is 9.31.